The van der Waals surface area contributed by atoms with Gasteiger partial charge in [0.1, 0.15) is 0 Å². The molecule has 4 aliphatic rings. The van der Waals surface area contributed by atoms with E-state index in [2.05, 4.69) is 74.2 Å². The van der Waals surface area contributed by atoms with Gasteiger partial charge in [0.15, 0.2) is 17.3 Å². The third-order valence-electron chi connectivity index (χ3n) is 15.5. The van der Waals surface area contributed by atoms with Crippen LogP contribution in [0.5, 0.6) is 0 Å². The van der Waals surface area contributed by atoms with E-state index in [9.17, 15) is 24.6 Å². The van der Waals surface area contributed by atoms with Crippen LogP contribution < -0.4 is 0 Å². The number of aryl methyl sites for hydroxylation is 2. The van der Waals surface area contributed by atoms with Crippen molar-refractivity contribution in [3.8, 4) is 0 Å². The summed E-state index contributed by atoms with van der Waals surface area (Å²) in [5, 5.41) is 22.4. The van der Waals surface area contributed by atoms with Gasteiger partial charge in [-0.25, -0.2) is 0 Å². The first-order chi connectivity index (χ1) is 34.0. The molecule has 2 heterocycles. The number of Topliss-reactive ketones (excluding diaryl/α,β-unsaturated/α-hetero) is 2. The largest absolute Gasteiger partial charge is 0.391 e. The molecule has 70 heavy (non-hydrogen) atoms. The molecule has 2 saturated carbocycles. The third kappa shape index (κ3) is 8.85. The third-order valence-corrected chi connectivity index (χ3v) is 15.5. The Bertz CT molecular complexity index is 2880. The molecular formula is C63H60N2O5. The number of aliphatic hydroxyl groups excluding tert-OH is 2. The fraction of sp³-hybridized carbons (Fsp3) is 0.254. The Labute approximate surface area is 411 Å². The molecule has 0 aromatic heterocycles. The molecular weight excluding hydrogens is 865 g/mol. The van der Waals surface area contributed by atoms with Crippen LogP contribution in [-0.4, -0.2) is 61.7 Å². The van der Waals surface area contributed by atoms with Crippen molar-refractivity contribution in [3.63, 3.8) is 0 Å². The maximum Gasteiger partial charge on any atom is 0.193 e. The topological polar surface area (TPSA) is 98.2 Å². The van der Waals surface area contributed by atoms with Crippen LogP contribution in [0.3, 0.4) is 0 Å². The number of benzene rings is 6. The maximum absolute atomic E-state index is 14.7. The van der Waals surface area contributed by atoms with Crippen molar-refractivity contribution in [2.75, 3.05) is 0 Å². The molecule has 7 nitrogen and oxygen atoms in total. The van der Waals surface area contributed by atoms with Crippen molar-refractivity contribution in [2.24, 2.45) is 0 Å². The number of carbonyl (C=O) groups excluding carboxylic acids is 3. The Morgan fingerprint density at radius 3 is 1.14 bits per heavy atom. The minimum absolute atomic E-state index is 0.0620. The molecule has 7 heteroatoms. The van der Waals surface area contributed by atoms with E-state index in [0.29, 0.717) is 46.2 Å². The molecule has 2 aliphatic heterocycles. The van der Waals surface area contributed by atoms with Gasteiger partial charge in [-0.3, -0.25) is 14.4 Å². The number of hydrogen-bond donors (Lipinski definition) is 2. The Balaban J connectivity index is 1.00. The van der Waals surface area contributed by atoms with Gasteiger partial charge in [-0.15, -0.1) is 0 Å². The lowest BCUT2D eigenvalue weighted by Gasteiger charge is -2.37. The number of rotatable bonds is 12. The first-order valence-electron chi connectivity index (χ1n) is 24.8. The van der Waals surface area contributed by atoms with Gasteiger partial charge in [0.2, 0.25) is 0 Å². The summed E-state index contributed by atoms with van der Waals surface area (Å²) in [5.41, 5.74) is 13.7. The zero-order valence-electron chi connectivity index (χ0n) is 40.4. The maximum atomic E-state index is 14.7. The highest BCUT2D eigenvalue weighted by Gasteiger charge is 2.39. The van der Waals surface area contributed by atoms with Crippen molar-refractivity contribution in [1.82, 2.24) is 9.80 Å². The van der Waals surface area contributed by atoms with Crippen LogP contribution >= 0.6 is 0 Å². The van der Waals surface area contributed by atoms with Gasteiger partial charge in [-0.05, 0) is 122 Å². The van der Waals surface area contributed by atoms with Crippen molar-refractivity contribution in [1.29, 1.82) is 0 Å². The molecule has 0 bridgehead atoms. The first kappa shape index (κ1) is 46.5. The van der Waals surface area contributed by atoms with Crippen molar-refractivity contribution < 1.29 is 24.6 Å². The lowest BCUT2D eigenvalue weighted by atomic mass is 9.75. The summed E-state index contributed by atoms with van der Waals surface area (Å²) in [6, 6.07) is 46.4. The molecule has 6 atom stereocenters. The van der Waals surface area contributed by atoms with Crippen LogP contribution in [0.25, 0.3) is 11.1 Å². The number of hydrogen-bond acceptors (Lipinski definition) is 7. The predicted octanol–water partition coefficient (Wildman–Crippen LogP) is 12.4. The minimum Gasteiger partial charge on any atom is -0.391 e. The highest BCUT2D eigenvalue weighted by atomic mass is 16.3. The second-order valence-corrected chi connectivity index (χ2v) is 19.7. The molecule has 2 N–H and O–H groups in total. The van der Waals surface area contributed by atoms with Gasteiger partial charge in [0, 0.05) is 70.0 Å². The monoisotopic (exact) mass is 924 g/mol. The smallest absolute Gasteiger partial charge is 0.193 e. The molecule has 0 radical (unpaired) electrons. The number of ketones is 3. The normalized spacial score (nSPS) is 22.3. The summed E-state index contributed by atoms with van der Waals surface area (Å²) >= 11 is 0. The Hall–Kier alpha value is -7.19. The number of carbonyl (C=O) groups is 3. The van der Waals surface area contributed by atoms with E-state index in [4.69, 9.17) is 0 Å². The molecule has 0 spiro atoms. The lowest BCUT2D eigenvalue weighted by Crippen LogP contribution is -2.36. The van der Waals surface area contributed by atoms with E-state index >= 15 is 0 Å². The number of aliphatic hydroxyl groups is 2. The molecule has 6 unspecified atom stereocenters. The SMILES string of the molecule is Cc1cccc(C2C(C(=O)c3ccccc3)=CN(C3CCCC3O)C=C2c2ccc(C(=O)c3ccc(C4=CN(C5CCCC5O)C=C(C(=O)c5ccccc5)C4c4cccc(C)c4C)cc3)cc2)c1C. The van der Waals surface area contributed by atoms with Gasteiger partial charge in [-0.2, -0.15) is 0 Å². The van der Waals surface area contributed by atoms with Gasteiger partial charge in [0.25, 0.3) is 0 Å². The fourth-order valence-electron chi connectivity index (χ4n) is 11.3. The van der Waals surface area contributed by atoms with Crippen LogP contribution in [-0.2, 0) is 0 Å². The summed E-state index contributed by atoms with van der Waals surface area (Å²) in [6.45, 7) is 8.40. The highest BCUT2D eigenvalue weighted by Crippen LogP contribution is 2.47. The van der Waals surface area contributed by atoms with Crippen molar-refractivity contribution >= 4 is 28.5 Å². The Morgan fingerprint density at radius 2 is 0.786 bits per heavy atom. The average Bonchev–Trinajstić information content (AvgIpc) is 4.04. The molecule has 6 aromatic rings. The summed E-state index contributed by atoms with van der Waals surface area (Å²) < 4.78 is 0. The molecule has 0 amide bonds. The van der Waals surface area contributed by atoms with Crippen LogP contribution in [0.4, 0.5) is 0 Å². The van der Waals surface area contributed by atoms with Crippen LogP contribution in [0.15, 0.2) is 182 Å². The van der Waals surface area contributed by atoms with Gasteiger partial charge < -0.3 is 20.0 Å². The zero-order valence-corrected chi connectivity index (χ0v) is 40.4. The van der Waals surface area contributed by atoms with Crippen LogP contribution in [0.1, 0.15) is 132 Å². The van der Waals surface area contributed by atoms with Gasteiger partial charge >= 0.3 is 0 Å². The molecule has 10 rings (SSSR count). The second-order valence-electron chi connectivity index (χ2n) is 19.7. The summed E-state index contributed by atoms with van der Waals surface area (Å²) in [4.78, 5) is 47.9. The average molecular weight is 925 g/mol. The second kappa shape index (κ2) is 19.7. The Kier molecular flexibility index (Phi) is 13.1. The summed E-state index contributed by atoms with van der Waals surface area (Å²) in [5.74, 6) is -1.05. The number of nitrogens with zero attached hydrogens (tertiary/aromatic N) is 2. The molecule has 6 aromatic carbocycles. The predicted molar refractivity (Wildman–Crippen MR) is 278 cm³/mol. The van der Waals surface area contributed by atoms with Crippen molar-refractivity contribution in [3.05, 3.63) is 248 Å². The van der Waals surface area contributed by atoms with E-state index in [1.807, 2.05) is 134 Å². The van der Waals surface area contributed by atoms with E-state index in [1.165, 1.54) is 0 Å². The lowest BCUT2D eigenvalue weighted by molar-refractivity contribution is 0.100. The first-order valence-corrected chi connectivity index (χ1v) is 24.8. The van der Waals surface area contributed by atoms with Gasteiger partial charge in [-0.1, -0.05) is 146 Å². The standard InChI is InChI=1S/C63H60N2O5/c1-39-15-11-21-49(41(39)3)59-51(35-64(55-23-13-25-57(55)66)37-53(59)62(69)45-17-7-5-8-18-45)43-27-31-47(32-28-43)61(68)48-33-29-44(30-34-48)52-36-65(56-24-14-26-58(56)67)38-54(63(70)46-19-9-6-10-20-46)60(52)50-22-12-16-40(2)42(50)4/h5-12,15-22,27-38,55-60,66-67H,13-14,23-26H2,1-4H3. The summed E-state index contributed by atoms with van der Waals surface area (Å²) in [6.07, 6.45) is 11.9. The van der Waals surface area contributed by atoms with E-state index < -0.39 is 24.0 Å². The Morgan fingerprint density at radius 1 is 0.414 bits per heavy atom. The molecule has 352 valence electrons. The van der Waals surface area contributed by atoms with Crippen molar-refractivity contribution in [2.45, 2.75) is 102 Å². The molecule has 2 aliphatic carbocycles. The van der Waals surface area contributed by atoms with Crippen LogP contribution in [0, 0.1) is 27.7 Å². The highest BCUT2D eigenvalue weighted by molar-refractivity contribution is 6.13. The van der Waals surface area contributed by atoms with Gasteiger partial charge in [0.05, 0.1) is 24.3 Å². The van der Waals surface area contributed by atoms with E-state index in [0.717, 1.165) is 81.3 Å². The molecule has 0 saturated heterocycles. The van der Waals surface area contributed by atoms with E-state index in [1.54, 1.807) is 0 Å². The summed E-state index contributed by atoms with van der Waals surface area (Å²) in [7, 11) is 0. The zero-order chi connectivity index (χ0) is 48.6. The van der Waals surface area contributed by atoms with E-state index in [-0.39, 0.29) is 29.4 Å². The quantitative estimate of drug-likeness (QED) is 0.118. The molecule has 2 fully saturated rings. The number of allylic oxidation sites excluding steroid dienone is 4. The minimum atomic E-state index is -0.521. The fourth-order valence-corrected chi connectivity index (χ4v) is 11.3. The van der Waals surface area contributed by atoms with Crippen LogP contribution in [0.2, 0.25) is 0 Å².